The molecule has 0 radical (unpaired) electrons. The zero-order valence-corrected chi connectivity index (χ0v) is 16.8. The maximum atomic E-state index is 10.4. The van der Waals surface area contributed by atoms with Gasteiger partial charge in [0.05, 0.1) is 0 Å². The SMILES string of the molecule is Bc1c(C)c(-c2cc(C(C)C)cc(C(C)C)c2C)c(C)c(C)c1O. The summed E-state index contributed by atoms with van der Waals surface area (Å²) < 4.78 is 0. The molecule has 0 aliphatic heterocycles. The Morgan fingerprint density at radius 3 is 1.88 bits per heavy atom. The molecule has 0 aliphatic carbocycles. The largest absolute Gasteiger partial charge is 0.508 e. The van der Waals surface area contributed by atoms with E-state index >= 15 is 0 Å². The molecule has 0 unspecified atom stereocenters. The second kappa shape index (κ2) is 6.66. The highest BCUT2D eigenvalue weighted by atomic mass is 16.3. The smallest absolute Gasteiger partial charge is 0.144 e. The molecule has 128 valence electrons. The third-order valence-electron chi connectivity index (χ3n) is 5.61. The van der Waals surface area contributed by atoms with E-state index in [-0.39, 0.29) is 0 Å². The van der Waals surface area contributed by atoms with Crippen LogP contribution in [-0.4, -0.2) is 13.0 Å². The Labute approximate surface area is 148 Å². The van der Waals surface area contributed by atoms with Crippen molar-refractivity contribution in [1.82, 2.24) is 0 Å². The summed E-state index contributed by atoms with van der Waals surface area (Å²) in [5.74, 6) is 1.44. The minimum absolute atomic E-state index is 0.440. The lowest BCUT2D eigenvalue weighted by atomic mass is 9.78. The minimum atomic E-state index is 0.440. The summed E-state index contributed by atoms with van der Waals surface area (Å²) in [7, 11) is 2.02. The molecule has 0 aliphatic rings. The lowest BCUT2D eigenvalue weighted by Gasteiger charge is -2.23. The van der Waals surface area contributed by atoms with Gasteiger partial charge >= 0.3 is 0 Å². The lowest BCUT2D eigenvalue weighted by molar-refractivity contribution is 0.474. The highest BCUT2D eigenvalue weighted by Gasteiger charge is 2.19. The number of hydrogen-bond donors (Lipinski definition) is 1. The van der Waals surface area contributed by atoms with Gasteiger partial charge in [0.2, 0.25) is 0 Å². The van der Waals surface area contributed by atoms with Gasteiger partial charge in [-0.3, -0.25) is 0 Å². The molecule has 24 heavy (non-hydrogen) atoms. The Balaban J connectivity index is 2.92. The summed E-state index contributed by atoms with van der Waals surface area (Å²) >= 11 is 0. The first kappa shape index (κ1) is 18.6. The van der Waals surface area contributed by atoms with Gasteiger partial charge in [0.15, 0.2) is 0 Å². The van der Waals surface area contributed by atoms with Crippen molar-refractivity contribution in [3.8, 4) is 16.9 Å². The molecule has 0 saturated heterocycles. The number of hydrogen-bond acceptors (Lipinski definition) is 1. The second-order valence-electron chi connectivity index (χ2n) is 7.82. The third kappa shape index (κ3) is 2.99. The molecule has 1 N–H and O–H groups in total. The predicted molar refractivity (Wildman–Crippen MR) is 109 cm³/mol. The van der Waals surface area contributed by atoms with E-state index < -0.39 is 0 Å². The Hall–Kier alpha value is -1.70. The summed E-state index contributed by atoms with van der Waals surface area (Å²) in [6, 6.07) is 4.73. The molecular formula is C22H31BO. The quantitative estimate of drug-likeness (QED) is 0.805. The van der Waals surface area contributed by atoms with Crippen molar-refractivity contribution in [2.24, 2.45) is 0 Å². The summed E-state index contributed by atoms with van der Waals surface area (Å²) in [6.45, 7) is 17.6. The normalized spacial score (nSPS) is 11.6. The highest BCUT2D eigenvalue weighted by Crippen LogP contribution is 2.38. The molecule has 2 aromatic carbocycles. The van der Waals surface area contributed by atoms with Crippen molar-refractivity contribution < 1.29 is 5.11 Å². The van der Waals surface area contributed by atoms with Gasteiger partial charge in [-0.2, -0.15) is 0 Å². The van der Waals surface area contributed by atoms with Crippen molar-refractivity contribution in [2.75, 3.05) is 0 Å². The van der Waals surface area contributed by atoms with Gasteiger partial charge in [-0.25, -0.2) is 0 Å². The van der Waals surface area contributed by atoms with Gasteiger partial charge in [-0.05, 0) is 89.5 Å². The first-order valence-electron chi connectivity index (χ1n) is 9.02. The van der Waals surface area contributed by atoms with E-state index in [0.29, 0.717) is 17.6 Å². The minimum Gasteiger partial charge on any atom is -0.508 e. The molecular weight excluding hydrogens is 291 g/mol. The Morgan fingerprint density at radius 1 is 0.792 bits per heavy atom. The van der Waals surface area contributed by atoms with Crippen LogP contribution in [0.25, 0.3) is 11.1 Å². The fourth-order valence-corrected chi connectivity index (χ4v) is 3.65. The molecule has 0 fully saturated rings. The van der Waals surface area contributed by atoms with Crippen LogP contribution in [-0.2, 0) is 0 Å². The van der Waals surface area contributed by atoms with E-state index in [1.54, 1.807) is 0 Å². The Morgan fingerprint density at radius 2 is 1.38 bits per heavy atom. The summed E-state index contributed by atoms with van der Waals surface area (Å²) in [5.41, 5.74) is 11.2. The maximum absolute atomic E-state index is 10.4. The molecule has 2 heteroatoms. The van der Waals surface area contributed by atoms with Crippen LogP contribution >= 0.6 is 0 Å². The van der Waals surface area contributed by atoms with E-state index in [1.165, 1.54) is 38.9 Å². The van der Waals surface area contributed by atoms with Gasteiger partial charge in [0.1, 0.15) is 13.6 Å². The van der Waals surface area contributed by atoms with Gasteiger partial charge in [-0.15, -0.1) is 0 Å². The molecule has 0 bridgehead atoms. The van der Waals surface area contributed by atoms with Gasteiger partial charge < -0.3 is 5.11 Å². The van der Waals surface area contributed by atoms with Crippen LogP contribution in [0, 0.1) is 27.7 Å². The maximum Gasteiger partial charge on any atom is 0.144 e. The predicted octanol–water partition coefficient (Wildman–Crippen LogP) is 4.80. The van der Waals surface area contributed by atoms with E-state index in [0.717, 1.165) is 11.0 Å². The van der Waals surface area contributed by atoms with Crippen LogP contribution in [0.2, 0.25) is 0 Å². The van der Waals surface area contributed by atoms with Gasteiger partial charge in [0.25, 0.3) is 0 Å². The van der Waals surface area contributed by atoms with Crippen molar-refractivity contribution in [2.45, 2.75) is 67.2 Å². The van der Waals surface area contributed by atoms with Crippen LogP contribution in [0.1, 0.15) is 72.9 Å². The first-order valence-corrected chi connectivity index (χ1v) is 9.02. The molecule has 0 heterocycles. The van der Waals surface area contributed by atoms with Crippen molar-refractivity contribution in [3.05, 3.63) is 45.5 Å². The van der Waals surface area contributed by atoms with E-state index in [4.69, 9.17) is 0 Å². The van der Waals surface area contributed by atoms with Crippen LogP contribution in [0.15, 0.2) is 12.1 Å². The van der Waals surface area contributed by atoms with Crippen LogP contribution in [0.5, 0.6) is 5.75 Å². The van der Waals surface area contributed by atoms with Crippen molar-refractivity contribution in [1.29, 1.82) is 0 Å². The number of aromatic hydroxyl groups is 1. The molecule has 0 amide bonds. The van der Waals surface area contributed by atoms with Crippen LogP contribution < -0.4 is 5.46 Å². The van der Waals surface area contributed by atoms with Crippen LogP contribution in [0.3, 0.4) is 0 Å². The summed E-state index contributed by atoms with van der Waals surface area (Å²) in [4.78, 5) is 0. The number of phenolic OH excluding ortho intramolecular Hbond substituents is 1. The number of rotatable bonds is 3. The zero-order chi connectivity index (χ0) is 18.3. The van der Waals surface area contributed by atoms with E-state index in [2.05, 4.69) is 60.6 Å². The second-order valence-corrected chi connectivity index (χ2v) is 7.82. The highest BCUT2D eigenvalue weighted by molar-refractivity contribution is 6.36. The average molecular weight is 322 g/mol. The molecule has 2 rings (SSSR count). The topological polar surface area (TPSA) is 20.2 Å². The molecule has 2 aromatic rings. The van der Waals surface area contributed by atoms with Crippen molar-refractivity contribution >= 4 is 13.3 Å². The van der Waals surface area contributed by atoms with Crippen LogP contribution in [0.4, 0.5) is 0 Å². The Bertz CT molecular complexity index is 756. The fraction of sp³-hybridized carbons (Fsp3) is 0.455. The lowest BCUT2D eigenvalue weighted by Crippen LogP contribution is -2.13. The summed E-state index contributed by atoms with van der Waals surface area (Å²) in [5, 5.41) is 10.4. The number of benzene rings is 2. The monoisotopic (exact) mass is 322 g/mol. The van der Waals surface area contributed by atoms with Gasteiger partial charge in [0, 0.05) is 0 Å². The third-order valence-corrected chi connectivity index (χ3v) is 5.61. The zero-order valence-electron chi connectivity index (χ0n) is 16.8. The first-order chi connectivity index (χ1) is 11.1. The molecule has 0 aromatic heterocycles. The molecule has 1 nitrogen and oxygen atoms in total. The number of phenols is 1. The standard InChI is InChI=1S/C22H31BO/c1-11(2)17-9-18(12(3)4)15(7)19(10-17)20-13(5)14(6)22(24)21(23)16(20)8/h9-12,24H,23H2,1-8H3. The summed E-state index contributed by atoms with van der Waals surface area (Å²) in [6.07, 6.45) is 0. The molecule has 0 atom stereocenters. The Kier molecular flexibility index (Phi) is 5.18. The van der Waals surface area contributed by atoms with E-state index in [9.17, 15) is 5.11 Å². The molecule has 0 saturated carbocycles. The van der Waals surface area contributed by atoms with E-state index in [1.807, 2.05) is 14.8 Å². The fourth-order valence-electron chi connectivity index (χ4n) is 3.65. The average Bonchev–Trinajstić information content (AvgIpc) is 2.52. The van der Waals surface area contributed by atoms with Crippen molar-refractivity contribution in [3.63, 3.8) is 0 Å². The molecule has 0 spiro atoms. The van der Waals surface area contributed by atoms with Gasteiger partial charge in [-0.1, -0.05) is 39.8 Å².